The predicted octanol–water partition coefficient (Wildman–Crippen LogP) is 3.47. The molecule has 3 aromatic rings. The van der Waals surface area contributed by atoms with Crippen LogP contribution in [0.4, 0.5) is 0 Å². The molecule has 2 N–H and O–H groups in total. The number of nitrogens with one attached hydrogen (secondary N) is 1. The molecular formula is C28H29ClN4O5. The average Bonchev–Trinajstić information content (AvgIpc) is 3.59. The summed E-state index contributed by atoms with van der Waals surface area (Å²) in [6.07, 6.45) is 2.92. The van der Waals surface area contributed by atoms with Gasteiger partial charge in [-0.15, -0.1) is 0 Å². The van der Waals surface area contributed by atoms with Crippen LogP contribution in [0.1, 0.15) is 24.5 Å². The lowest BCUT2D eigenvalue weighted by Crippen LogP contribution is -2.34. The fourth-order valence-electron chi connectivity index (χ4n) is 5.39. The second-order valence-electron chi connectivity index (χ2n) is 9.81. The number of ether oxygens (including phenoxy) is 3. The molecule has 1 amide bonds. The van der Waals surface area contributed by atoms with Gasteiger partial charge in [-0.2, -0.15) is 0 Å². The van der Waals surface area contributed by atoms with Crippen LogP contribution in [0.5, 0.6) is 5.88 Å². The molecule has 5 heterocycles. The summed E-state index contributed by atoms with van der Waals surface area (Å²) in [5, 5.41) is 10.6. The van der Waals surface area contributed by atoms with Crippen molar-refractivity contribution < 1.29 is 24.1 Å². The van der Waals surface area contributed by atoms with Crippen LogP contribution in [0.3, 0.4) is 0 Å². The molecule has 198 valence electrons. The topological polar surface area (TPSA) is 109 Å². The van der Waals surface area contributed by atoms with E-state index in [-0.39, 0.29) is 30.8 Å². The van der Waals surface area contributed by atoms with Gasteiger partial charge in [0.05, 0.1) is 35.0 Å². The molecule has 2 fully saturated rings. The number of H-pyrrole nitrogens is 1. The van der Waals surface area contributed by atoms with Crippen LogP contribution >= 0.6 is 11.6 Å². The number of hydrogen-bond acceptors (Lipinski definition) is 7. The van der Waals surface area contributed by atoms with Crippen molar-refractivity contribution in [2.24, 2.45) is 4.99 Å². The molecule has 1 aromatic carbocycles. The van der Waals surface area contributed by atoms with Gasteiger partial charge in [0, 0.05) is 38.8 Å². The van der Waals surface area contributed by atoms with Gasteiger partial charge >= 0.3 is 0 Å². The van der Waals surface area contributed by atoms with Crippen molar-refractivity contribution >= 4 is 40.3 Å². The molecule has 4 atom stereocenters. The summed E-state index contributed by atoms with van der Waals surface area (Å²) >= 11 is 6.70. The molecule has 38 heavy (non-hydrogen) atoms. The summed E-state index contributed by atoms with van der Waals surface area (Å²) in [5.41, 5.74) is 6.04. The number of aromatic nitrogens is 2. The molecule has 0 saturated carbocycles. The Morgan fingerprint density at radius 2 is 2.00 bits per heavy atom. The second-order valence-corrected chi connectivity index (χ2v) is 10.2. The van der Waals surface area contributed by atoms with Crippen LogP contribution in [0.2, 0.25) is 5.02 Å². The van der Waals surface area contributed by atoms with Crippen LogP contribution in [0.15, 0.2) is 41.4 Å². The number of nitrogens with zero attached hydrogens (tertiary/aromatic N) is 3. The van der Waals surface area contributed by atoms with Crippen LogP contribution in [0, 0.1) is 0 Å². The van der Waals surface area contributed by atoms with Gasteiger partial charge in [-0.3, -0.25) is 9.79 Å². The Kier molecular flexibility index (Phi) is 6.69. The van der Waals surface area contributed by atoms with Crippen molar-refractivity contribution in [3.05, 3.63) is 52.6 Å². The highest BCUT2D eigenvalue weighted by atomic mass is 35.5. The van der Waals surface area contributed by atoms with Crippen molar-refractivity contribution in [2.45, 2.75) is 37.8 Å². The molecule has 2 aromatic heterocycles. The van der Waals surface area contributed by atoms with Crippen molar-refractivity contribution in [2.75, 3.05) is 33.4 Å². The Balaban J connectivity index is 1.29. The quantitative estimate of drug-likeness (QED) is 0.483. The summed E-state index contributed by atoms with van der Waals surface area (Å²) in [6.45, 7) is 3.52. The van der Waals surface area contributed by atoms with Crippen LogP contribution < -0.4 is 4.74 Å². The first-order chi connectivity index (χ1) is 18.4. The van der Waals surface area contributed by atoms with Gasteiger partial charge < -0.3 is 29.2 Å². The smallest absolute Gasteiger partial charge is 0.219 e. The number of rotatable bonds is 5. The first-order valence-corrected chi connectivity index (χ1v) is 13.1. The van der Waals surface area contributed by atoms with Crippen molar-refractivity contribution in [3.63, 3.8) is 0 Å². The van der Waals surface area contributed by atoms with Gasteiger partial charge in [0.2, 0.25) is 11.8 Å². The predicted molar refractivity (Wildman–Crippen MR) is 145 cm³/mol. The minimum absolute atomic E-state index is 0.101. The Hall–Kier alpha value is -3.24. The molecule has 0 aliphatic carbocycles. The third-order valence-electron chi connectivity index (χ3n) is 7.42. The Labute approximate surface area is 225 Å². The number of halogens is 1. The number of pyridine rings is 1. The van der Waals surface area contributed by atoms with E-state index in [1.54, 1.807) is 20.2 Å². The van der Waals surface area contributed by atoms with Gasteiger partial charge in [0.15, 0.2) is 6.10 Å². The number of aliphatic hydroxyl groups is 1. The molecule has 3 aliphatic heterocycles. The van der Waals surface area contributed by atoms with Gasteiger partial charge in [0.1, 0.15) is 23.8 Å². The van der Waals surface area contributed by atoms with Crippen LogP contribution in [0.25, 0.3) is 27.9 Å². The van der Waals surface area contributed by atoms with Gasteiger partial charge in [-0.1, -0.05) is 41.9 Å². The Morgan fingerprint density at radius 1 is 1.24 bits per heavy atom. The van der Waals surface area contributed by atoms with Crippen molar-refractivity contribution in [3.8, 4) is 17.1 Å². The highest BCUT2D eigenvalue weighted by molar-refractivity contribution is 6.33. The maximum Gasteiger partial charge on any atom is 0.219 e. The molecule has 6 rings (SSSR count). The fraction of sp³-hybridized carbons (Fsp3) is 0.393. The number of aliphatic hydroxyl groups excluding tert-OH is 1. The number of carbonyl (C=O) groups is 1. The molecule has 0 radical (unpaired) electrons. The lowest BCUT2D eigenvalue weighted by Gasteiger charge is -2.25. The molecule has 3 aliphatic rings. The van der Waals surface area contributed by atoms with Gasteiger partial charge in [-0.05, 0) is 23.6 Å². The van der Waals surface area contributed by atoms with E-state index in [0.717, 1.165) is 29.6 Å². The molecule has 0 bridgehead atoms. The highest BCUT2D eigenvalue weighted by Gasteiger charge is 2.48. The minimum Gasteiger partial charge on any atom is -0.470 e. The van der Waals surface area contributed by atoms with Crippen LogP contribution in [-0.4, -0.2) is 89.9 Å². The number of amides is 1. The maximum atomic E-state index is 11.6. The Morgan fingerprint density at radius 3 is 2.71 bits per heavy atom. The van der Waals surface area contributed by atoms with Crippen molar-refractivity contribution in [1.29, 1.82) is 0 Å². The standard InChI is InChI=1S/C28H29ClN4O5/c1-15(34)33-9-7-17(8-10-33)16-3-5-18(6-4-16)24-20(29)11-21-25(32-24)19(12-30-2)28(31-21)38-23-14-37-26-22(35)13-36-27(23)26/h3-7,11-12,22-23,26-27,31,35H,8-10,13-14H2,1-2H3/t22-,23-,26-,27-/m1/s1. The monoisotopic (exact) mass is 536 g/mol. The number of aliphatic imine (C=N–C) groups is 1. The van der Waals surface area contributed by atoms with E-state index in [4.69, 9.17) is 30.8 Å². The summed E-state index contributed by atoms with van der Waals surface area (Å²) in [6, 6.07) is 10.0. The Bertz CT molecular complexity index is 1430. The zero-order valence-corrected chi connectivity index (χ0v) is 21.9. The normalized spacial score (nSPS) is 25.3. The third-order valence-corrected chi connectivity index (χ3v) is 7.70. The first kappa shape index (κ1) is 25.1. The lowest BCUT2D eigenvalue weighted by molar-refractivity contribution is -0.128. The summed E-state index contributed by atoms with van der Waals surface area (Å²) in [7, 11) is 1.69. The first-order valence-electron chi connectivity index (χ1n) is 12.7. The van der Waals surface area contributed by atoms with E-state index in [0.29, 0.717) is 40.8 Å². The third kappa shape index (κ3) is 4.49. The fourth-order valence-corrected chi connectivity index (χ4v) is 5.65. The maximum absolute atomic E-state index is 11.6. The van der Waals surface area contributed by atoms with Crippen LogP contribution in [-0.2, 0) is 14.3 Å². The molecule has 9 nitrogen and oxygen atoms in total. The number of hydrogen-bond donors (Lipinski definition) is 2. The molecular weight excluding hydrogens is 508 g/mol. The number of fused-ring (bicyclic) bond motifs is 2. The zero-order valence-electron chi connectivity index (χ0n) is 21.2. The largest absolute Gasteiger partial charge is 0.470 e. The molecule has 0 spiro atoms. The van der Waals surface area contributed by atoms with E-state index >= 15 is 0 Å². The van der Waals surface area contributed by atoms with E-state index in [9.17, 15) is 9.90 Å². The van der Waals surface area contributed by atoms with Gasteiger partial charge in [-0.25, -0.2) is 4.98 Å². The number of benzene rings is 1. The highest BCUT2D eigenvalue weighted by Crippen LogP contribution is 2.36. The lowest BCUT2D eigenvalue weighted by atomic mass is 9.97. The molecule has 10 heteroatoms. The summed E-state index contributed by atoms with van der Waals surface area (Å²) in [5.74, 6) is 0.605. The van der Waals surface area contributed by atoms with Gasteiger partial charge in [0.25, 0.3) is 0 Å². The van der Waals surface area contributed by atoms with E-state index < -0.39 is 6.10 Å². The van der Waals surface area contributed by atoms with E-state index in [1.165, 1.54) is 5.57 Å². The zero-order chi connectivity index (χ0) is 26.4. The van der Waals surface area contributed by atoms with E-state index in [2.05, 4.69) is 28.2 Å². The number of aromatic amines is 1. The van der Waals surface area contributed by atoms with E-state index in [1.807, 2.05) is 23.1 Å². The summed E-state index contributed by atoms with van der Waals surface area (Å²) in [4.78, 5) is 25.9. The molecule has 0 unspecified atom stereocenters. The minimum atomic E-state index is -0.646. The molecule has 2 saturated heterocycles. The summed E-state index contributed by atoms with van der Waals surface area (Å²) < 4.78 is 17.7. The second kappa shape index (κ2) is 10.1. The SMILES string of the molecule is CN=Cc1c(O[C@@H]2CO[C@H]3[C@@H]2OC[C@H]3O)[nH]c2cc(Cl)c(-c3ccc(C4=CCN(C(C)=O)CC4)cc3)nc12. The average molecular weight is 537 g/mol. The number of carbonyl (C=O) groups excluding carboxylic acids is 1. The van der Waals surface area contributed by atoms with Crippen molar-refractivity contribution in [1.82, 2.24) is 14.9 Å².